The van der Waals surface area contributed by atoms with Gasteiger partial charge >= 0.3 is 5.97 Å². The smallest absolute Gasteiger partial charge is 0.358 e. The summed E-state index contributed by atoms with van der Waals surface area (Å²) in [7, 11) is 1.79. The summed E-state index contributed by atoms with van der Waals surface area (Å²) in [5.41, 5.74) is 0.836. The van der Waals surface area contributed by atoms with E-state index in [1.807, 2.05) is 13.1 Å². The summed E-state index contributed by atoms with van der Waals surface area (Å²) in [5, 5.41) is 21.9. The minimum absolute atomic E-state index is 0.0566. The van der Waals surface area contributed by atoms with Crippen LogP contribution >= 0.6 is 0 Å². The number of carboxylic acids is 1. The molecule has 16 heavy (non-hydrogen) atoms. The van der Waals surface area contributed by atoms with Crippen molar-refractivity contribution in [3.8, 4) is 0 Å². The molecule has 0 radical (unpaired) electrons. The van der Waals surface area contributed by atoms with E-state index in [4.69, 9.17) is 5.11 Å². The molecule has 0 unspecified atom stereocenters. The highest BCUT2D eigenvalue weighted by Crippen LogP contribution is 1.96. The maximum Gasteiger partial charge on any atom is 0.358 e. The van der Waals surface area contributed by atoms with Crippen LogP contribution in [0.5, 0.6) is 0 Å². The van der Waals surface area contributed by atoms with E-state index in [1.54, 1.807) is 7.05 Å². The summed E-state index contributed by atoms with van der Waals surface area (Å²) < 4.78 is 1.46. The Bertz CT molecular complexity index is 385. The normalized spacial score (nSPS) is 11.2. The molecule has 0 aliphatic rings. The van der Waals surface area contributed by atoms with Gasteiger partial charge in [0.25, 0.3) is 0 Å². The van der Waals surface area contributed by atoms with Gasteiger partial charge in [0.1, 0.15) is 0 Å². The number of carboxylic acid groups (broad SMARTS) is 1. The molecule has 0 fully saturated rings. The van der Waals surface area contributed by atoms with Crippen molar-refractivity contribution < 1.29 is 9.90 Å². The highest BCUT2D eigenvalue weighted by molar-refractivity contribution is 5.84. The Morgan fingerprint density at radius 1 is 1.69 bits per heavy atom. The molecule has 0 aromatic carbocycles. The second kappa shape index (κ2) is 5.74. The van der Waals surface area contributed by atoms with E-state index in [2.05, 4.69) is 20.9 Å². The SMILES string of the molecule is CCN/C=C(/Cn1cc(C(=O)O)nn1)NC. The Labute approximate surface area is 93.1 Å². The van der Waals surface area contributed by atoms with Crippen LogP contribution in [-0.2, 0) is 6.54 Å². The largest absolute Gasteiger partial charge is 0.476 e. The molecular formula is C9H15N5O2. The number of aromatic carboxylic acids is 1. The van der Waals surface area contributed by atoms with Crippen LogP contribution in [0.4, 0.5) is 0 Å². The number of nitrogens with one attached hydrogen (secondary N) is 2. The number of hydrogen-bond acceptors (Lipinski definition) is 5. The lowest BCUT2D eigenvalue weighted by molar-refractivity contribution is 0.0690. The molecule has 0 saturated carbocycles. The Hall–Kier alpha value is -2.05. The average Bonchev–Trinajstić information content (AvgIpc) is 2.72. The fourth-order valence-corrected chi connectivity index (χ4v) is 1.07. The first-order valence-electron chi connectivity index (χ1n) is 4.91. The van der Waals surface area contributed by atoms with E-state index >= 15 is 0 Å². The molecule has 0 amide bonds. The van der Waals surface area contributed by atoms with E-state index in [9.17, 15) is 4.79 Å². The van der Waals surface area contributed by atoms with E-state index in [0.717, 1.165) is 12.2 Å². The Morgan fingerprint density at radius 2 is 2.44 bits per heavy atom. The molecule has 0 atom stereocenters. The molecule has 0 spiro atoms. The number of allylic oxidation sites excluding steroid dienone is 1. The zero-order valence-corrected chi connectivity index (χ0v) is 9.27. The first-order chi connectivity index (χ1) is 7.67. The van der Waals surface area contributed by atoms with E-state index in [1.165, 1.54) is 10.9 Å². The monoisotopic (exact) mass is 225 g/mol. The maximum atomic E-state index is 10.6. The molecule has 1 heterocycles. The van der Waals surface area contributed by atoms with Gasteiger partial charge in [0.2, 0.25) is 0 Å². The average molecular weight is 225 g/mol. The molecular weight excluding hydrogens is 210 g/mol. The number of aromatic nitrogens is 3. The highest BCUT2D eigenvalue weighted by Gasteiger charge is 2.08. The van der Waals surface area contributed by atoms with Crippen molar-refractivity contribution in [2.45, 2.75) is 13.5 Å². The Morgan fingerprint density at radius 3 is 2.94 bits per heavy atom. The quantitative estimate of drug-likeness (QED) is 0.612. The summed E-state index contributed by atoms with van der Waals surface area (Å²) in [6, 6.07) is 0. The Kier molecular flexibility index (Phi) is 4.31. The first kappa shape index (κ1) is 12.0. The topological polar surface area (TPSA) is 92.1 Å². The van der Waals surface area contributed by atoms with Crippen LogP contribution in [-0.4, -0.2) is 39.7 Å². The van der Waals surface area contributed by atoms with Gasteiger partial charge in [-0.2, -0.15) is 0 Å². The summed E-state index contributed by atoms with van der Waals surface area (Å²) in [4.78, 5) is 10.6. The van der Waals surface area contributed by atoms with Crippen molar-refractivity contribution in [1.29, 1.82) is 0 Å². The third kappa shape index (κ3) is 3.26. The van der Waals surface area contributed by atoms with Gasteiger partial charge in [-0.1, -0.05) is 5.21 Å². The predicted octanol–water partition coefficient (Wildman–Crippen LogP) is -0.353. The van der Waals surface area contributed by atoms with Crippen molar-refractivity contribution in [2.24, 2.45) is 0 Å². The van der Waals surface area contributed by atoms with E-state index in [0.29, 0.717) is 6.54 Å². The fourth-order valence-electron chi connectivity index (χ4n) is 1.07. The van der Waals surface area contributed by atoms with Crippen molar-refractivity contribution in [1.82, 2.24) is 25.6 Å². The second-order valence-corrected chi connectivity index (χ2v) is 3.08. The van der Waals surface area contributed by atoms with Crippen LogP contribution in [0.3, 0.4) is 0 Å². The number of likely N-dealkylation sites (N-methyl/N-ethyl adjacent to an activating group) is 1. The molecule has 1 aromatic rings. The number of hydrogen-bond donors (Lipinski definition) is 3. The van der Waals surface area contributed by atoms with Crippen molar-refractivity contribution >= 4 is 5.97 Å². The summed E-state index contributed by atoms with van der Waals surface area (Å²) in [6.07, 6.45) is 3.21. The van der Waals surface area contributed by atoms with Crippen molar-refractivity contribution in [3.63, 3.8) is 0 Å². The lowest BCUT2D eigenvalue weighted by atomic mass is 10.4. The molecule has 1 rings (SSSR count). The lowest BCUT2D eigenvalue weighted by Crippen LogP contribution is -2.17. The minimum atomic E-state index is -1.08. The molecule has 0 aliphatic heterocycles. The van der Waals surface area contributed by atoms with E-state index in [-0.39, 0.29) is 5.69 Å². The molecule has 0 aliphatic carbocycles. The number of nitrogens with zero attached hydrogens (tertiary/aromatic N) is 3. The van der Waals surface area contributed by atoms with Gasteiger partial charge in [0.05, 0.1) is 12.7 Å². The first-order valence-corrected chi connectivity index (χ1v) is 4.91. The minimum Gasteiger partial charge on any atom is -0.476 e. The molecule has 0 bridgehead atoms. The molecule has 0 saturated heterocycles. The van der Waals surface area contributed by atoms with Crippen molar-refractivity contribution in [3.05, 3.63) is 23.8 Å². The van der Waals surface area contributed by atoms with Crippen LogP contribution in [0.15, 0.2) is 18.1 Å². The summed E-state index contributed by atoms with van der Waals surface area (Å²) in [5.74, 6) is -1.08. The lowest BCUT2D eigenvalue weighted by Gasteiger charge is -2.06. The second-order valence-electron chi connectivity index (χ2n) is 3.08. The zero-order chi connectivity index (χ0) is 12.0. The summed E-state index contributed by atoms with van der Waals surface area (Å²) in [6.45, 7) is 3.26. The standard InChI is InChI=1S/C9H15N5O2/c1-3-11-4-7(10-2)5-14-6-8(9(15)16)12-13-14/h4,6,10-11H,3,5H2,1-2H3,(H,15,16)/b7-4-. The van der Waals surface area contributed by atoms with Crippen LogP contribution < -0.4 is 10.6 Å². The third-order valence-corrected chi connectivity index (χ3v) is 1.89. The van der Waals surface area contributed by atoms with Crippen LogP contribution in [0, 0.1) is 0 Å². The molecule has 88 valence electrons. The van der Waals surface area contributed by atoms with Gasteiger partial charge in [0, 0.05) is 25.5 Å². The van der Waals surface area contributed by atoms with Gasteiger partial charge in [0.15, 0.2) is 5.69 Å². The van der Waals surface area contributed by atoms with E-state index < -0.39 is 5.97 Å². The molecule has 3 N–H and O–H groups in total. The summed E-state index contributed by atoms with van der Waals surface area (Å²) >= 11 is 0. The van der Waals surface area contributed by atoms with Crippen LogP contribution in [0.1, 0.15) is 17.4 Å². The zero-order valence-electron chi connectivity index (χ0n) is 9.27. The molecule has 7 heteroatoms. The van der Waals surface area contributed by atoms with Gasteiger partial charge in [-0.05, 0) is 6.92 Å². The van der Waals surface area contributed by atoms with Crippen molar-refractivity contribution in [2.75, 3.05) is 13.6 Å². The molecule has 7 nitrogen and oxygen atoms in total. The number of carbonyl (C=O) groups is 1. The predicted molar refractivity (Wildman–Crippen MR) is 57.8 cm³/mol. The maximum absolute atomic E-state index is 10.6. The van der Waals surface area contributed by atoms with Gasteiger partial charge < -0.3 is 15.7 Å². The highest BCUT2D eigenvalue weighted by atomic mass is 16.4. The van der Waals surface area contributed by atoms with Gasteiger partial charge in [-0.25, -0.2) is 9.48 Å². The van der Waals surface area contributed by atoms with Crippen LogP contribution in [0.25, 0.3) is 0 Å². The third-order valence-electron chi connectivity index (χ3n) is 1.89. The molecule has 1 aromatic heterocycles. The van der Waals surface area contributed by atoms with Gasteiger partial charge in [-0.3, -0.25) is 0 Å². The fraction of sp³-hybridized carbons (Fsp3) is 0.444. The Balaban J connectivity index is 2.67. The number of rotatable bonds is 6. The van der Waals surface area contributed by atoms with Crippen LogP contribution in [0.2, 0.25) is 0 Å². The van der Waals surface area contributed by atoms with Gasteiger partial charge in [-0.15, -0.1) is 5.10 Å².